The van der Waals surface area contributed by atoms with E-state index in [0.29, 0.717) is 24.6 Å². The minimum atomic E-state index is -3.52. The van der Waals surface area contributed by atoms with Crippen LogP contribution in [0.25, 0.3) is 0 Å². The molecule has 2 aliphatic heterocycles. The Morgan fingerprint density at radius 2 is 2.04 bits per heavy atom. The van der Waals surface area contributed by atoms with E-state index in [1.165, 1.54) is 0 Å². The Kier molecular flexibility index (Phi) is 5.96. The molecule has 2 heterocycles. The summed E-state index contributed by atoms with van der Waals surface area (Å²) in [5, 5.41) is 2.95. The first kappa shape index (κ1) is 19.3. The summed E-state index contributed by atoms with van der Waals surface area (Å²) in [6.45, 7) is 4.62. The second-order valence-electron chi connectivity index (χ2n) is 7.08. The molecule has 2 aliphatic rings. The summed E-state index contributed by atoms with van der Waals surface area (Å²) in [5.41, 5.74) is 0. The van der Waals surface area contributed by atoms with Crippen LogP contribution in [0.3, 0.4) is 0 Å². The lowest BCUT2D eigenvalue weighted by atomic mass is 10.1. The van der Waals surface area contributed by atoms with Crippen LogP contribution in [0.1, 0.15) is 13.3 Å². The van der Waals surface area contributed by atoms with Gasteiger partial charge >= 0.3 is 0 Å². The molecular weight excluding hydrogens is 354 g/mol. The van der Waals surface area contributed by atoms with E-state index in [4.69, 9.17) is 4.74 Å². The SMILES string of the molecule is COC[C@@H](C)C(=O)NC[C@@H]1CN(S(=O)(=O)c2ccccc2)[C@H]2CCN1C2. The molecular formula is C18H27N3O4S. The minimum Gasteiger partial charge on any atom is -0.384 e. The van der Waals surface area contributed by atoms with Gasteiger partial charge in [-0.2, -0.15) is 4.31 Å². The largest absolute Gasteiger partial charge is 0.384 e. The number of sulfonamides is 1. The standard InChI is InChI=1S/C18H27N3O4S/c1-14(13-25-2)18(22)19-10-16-12-21(15-8-9-20(16)11-15)26(23,24)17-6-4-3-5-7-17/h3-7,14-16H,8-13H2,1-2H3,(H,19,22)/t14-,15+,16-/m1/s1. The lowest BCUT2D eigenvalue weighted by Gasteiger charge is -2.39. The molecule has 1 aromatic carbocycles. The molecule has 3 rings (SSSR count). The van der Waals surface area contributed by atoms with Gasteiger partial charge in [0.15, 0.2) is 0 Å². The lowest BCUT2D eigenvalue weighted by Crippen LogP contribution is -2.57. The highest BCUT2D eigenvalue weighted by molar-refractivity contribution is 7.89. The second-order valence-corrected chi connectivity index (χ2v) is 8.97. The summed E-state index contributed by atoms with van der Waals surface area (Å²) in [4.78, 5) is 14.8. The van der Waals surface area contributed by atoms with E-state index in [-0.39, 0.29) is 23.9 Å². The van der Waals surface area contributed by atoms with E-state index >= 15 is 0 Å². The predicted molar refractivity (Wildman–Crippen MR) is 98.1 cm³/mol. The molecule has 1 aromatic rings. The molecule has 2 saturated heterocycles. The first-order chi connectivity index (χ1) is 12.4. The fourth-order valence-electron chi connectivity index (χ4n) is 3.74. The molecule has 1 N–H and O–H groups in total. The van der Waals surface area contributed by atoms with Gasteiger partial charge in [-0.3, -0.25) is 9.69 Å². The number of benzene rings is 1. The summed E-state index contributed by atoms with van der Waals surface area (Å²) in [6.07, 6.45) is 0.830. The van der Waals surface area contributed by atoms with Crippen LogP contribution in [0, 0.1) is 5.92 Å². The maximum atomic E-state index is 13.1. The topological polar surface area (TPSA) is 79.0 Å². The van der Waals surface area contributed by atoms with Gasteiger partial charge in [0.25, 0.3) is 0 Å². The average molecular weight is 381 g/mol. The molecule has 0 spiro atoms. The first-order valence-electron chi connectivity index (χ1n) is 9.01. The van der Waals surface area contributed by atoms with Crippen molar-refractivity contribution < 1.29 is 17.9 Å². The highest BCUT2D eigenvalue weighted by Crippen LogP contribution is 2.29. The number of amides is 1. The molecule has 0 aliphatic carbocycles. The monoisotopic (exact) mass is 381 g/mol. The molecule has 2 bridgehead atoms. The van der Waals surface area contributed by atoms with Crippen LogP contribution >= 0.6 is 0 Å². The maximum absolute atomic E-state index is 13.1. The van der Waals surface area contributed by atoms with Crippen molar-refractivity contribution in [1.82, 2.24) is 14.5 Å². The first-order valence-corrected chi connectivity index (χ1v) is 10.4. The molecule has 1 amide bonds. The van der Waals surface area contributed by atoms with Gasteiger partial charge in [-0.05, 0) is 18.6 Å². The zero-order valence-corrected chi connectivity index (χ0v) is 16.1. The molecule has 144 valence electrons. The zero-order valence-electron chi connectivity index (χ0n) is 15.3. The van der Waals surface area contributed by atoms with Crippen molar-refractivity contribution in [2.75, 3.05) is 39.9 Å². The number of hydrogen-bond donors (Lipinski definition) is 1. The smallest absolute Gasteiger partial charge is 0.243 e. The van der Waals surface area contributed by atoms with Crippen LogP contribution in [-0.4, -0.2) is 75.5 Å². The van der Waals surface area contributed by atoms with Crippen LogP contribution in [0.15, 0.2) is 35.2 Å². The number of ether oxygens (including phenoxy) is 1. The van der Waals surface area contributed by atoms with Crippen LogP contribution < -0.4 is 5.32 Å². The number of methoxy groups -OCH3 is 1. The van der Waals surface area contributed by atoms with Crippen molar-refractivity contribution in [3.05, 3.63) is 30.3 Å². The number of fused-ring (bicyclic) bond motifs is 2. The number of carbonyl (C=O) groups excluding carboxylic acids is 1. The summed E-state index contributed by atoms with van der Waals surface area (Å²) in [7, 11) is -1.95. The summed E-state index contributed by atoms with van der Waals surface area (Å²) < 4.78 is 32.8. The Balaban J connectivity index is 1.69. The van der Waals surface area contributed by atoms with Gasteiger partial charge in [0.05, 0.1) is 17.4 Å². The van der Waals surface area contributed by atoms with Crippen LogP contribution in [0.4, 0.5) is 0 Å². The third-order valence-electron chi connectivity index (χ3n) is 5.24. The molecule has 8 heteroatoms. The summed E-state index contributed by atoms with van der Waals surface area (Å²) in [6, 6.07) is 8.58. The van der Waals surface area contributed by atoms with E-state index in [1.807, 2.05) is 13.0 Å². The maximum Gasteiger partial charge on any atom is 0.243 e. The number of piperazine rings is 1. The molecule has 1 unspecified atom stereocenters. The Morgan fingerprint density at radius 3 is 2.73 bits per heavy atom. The van der Waals surface area contributed by atoms with E-state index in [0.717, 1.165) is 19.5 Å². The molecule has 0 radical (unpaired) electrons. The second kappa shape index (κ2) is 8.04. The number of nitrogens with zero attached hydrogens (tertiary/aromatic N) is 2. The average Bonchev–Trinajstić information content (AvgIpc) is 3.05. The van der Waals surface area contributed by atoms with Crippen LogP contribution in [0.2, 0.25) is 0 Å². The minimum absolute atomic E-state index is 0.00840. The van der Waals surface area contributed by atoms with Gasteiger partial charge in [0.2, 0.25) is 15.9 Å². The number of rotatable bonds is 7. The Bertz CT molecular complexity index is 725. The quantitative estimate of drug-likeness (QED) is 0.746. The molecule has 4 atom stereocenters. The molecule has 26 heavy (non-hydrogen) atoms. The lowest BCUT2D eigenvalue weighted by molar-refractivity contribution is -0.126. The van der Waals surface area contributed by atoms with Crippen molar-refractivity contribution in [3.63, 3.8) is 0 Å². The number of hydrogen-bond acceptors (Lipinski definition) is 5. The van der Waals surface area contributed by atoms with Gasteiger partial charge in [0, 0.05) is 45.4 Å². The van der Waals surface area contributed by atoms with E-state index in [9.17, 15) is 13.2 Å². The van der Waals surface area contributed by atoms with E-state index in [2.05, 4.69) is 10.2 Å². The highest BCUT2D eigenvalue weighted by Gasteiger charge is 2.44. The molecule has 0 aromatic heterocycles. The highest BCUT2D eigenvalue weighted by atomic mass is 32.2. The fourth-order valence-corrected chi connectivity index (χ4v) is 5.45. The predicted octanol–water partition coefficient (Wildman–Crippen LogP) is 0.533. The molecule has 0 saturated carbocycles. The third kappa shape index (κ3) is 3.93. The fraction of sp³-hybridized carbons (Fsp3) is 0.611. The van der Waals surface area contributed by atoms with E-state index in [1.54, 1.807) is 35.7 Å². The Morgan fingerprint density at radius 1 is 1.31 bits per heavy atom. The van der Waals surface area contributed by atoms with Gasteiger partial charge in [-0.15, -0.1) is 0 Å². The van der Waals surface area contributed by atoms with Crippen molar-refractivity contribution in [2.45, 2.75) is 30.3 Å². The Labute approximate surface area is 155 Å². The van der Waals surface area contributed by atoms with Crippen molar-refractivity contribution in [3.8, 4) is 0 Å². The number of nitrogens with one attached hydrogen (secondary N) is 1. The van der Waals surface area contributed by atoms with Crippen molar-refractivity contribution >= 4 is 15.9 Å². The normalized spacial score (nSPS) is 27.2. The van der Waals surface area contributed by atoms with Crippen LogP contribution in [0.5, 0.6) is 0 Å². The van der Waals surface area contributed by atoms with Gasteiger partial charge in [-0.1, -0.05) is 25.1 Å². The molecule has 7 nitrogen and oxygen atoms in total. The Hall–Kier alpha value is -1.48. The summed E-state index contributed by atoms with van der Waals surface area (Å²) in [5.74, 6) is -0.287. The van der Waals surface area contributed by atoms with Crippen molar-refractivity contribution in [1.29, 1.82) is 0 Å². The van der Waals surface area contributed by atoms with Crippen molar-refractivity contribution in [2.24, 2.45) is 5.92 Å². The van der Waals surface area contributed by atoms with Gasteiger partial charge in [-0.25, -0.2) is 8.42 Å². The number of carbonyl (C=O) groups is 1. The molecule has 2 fully saturated rings. The van der Waals surface area contributed by atoms with E-state index < -0.39 is 10.0 Å². The summed E-state index contributed by atoms with van der Waals surface area (Å²) >= 11 is 0. The van der Waals surface area contributed by atoms with Gasteiger partial charge < -0.3 is 10.1 Å². The van der Waals surface area contributed by atoms with Gasteiger partial charge in [0.1, 0.15) is 0 Å². The zero-order chi connectivity index (χ0) is 18.7. The third-order valence-corrected chi connectivity index (χ3v) is 7.17. The van der Waals surface area contributed by atoms with Crippen LogP contribution in [-0.2, 0) is 19.6 Å².